The van der Waals surface area contributed by atoms with E-state index in [9.17, 15) is 42.3 Å². The number of carboxylic acids is 1. The second-order valence-electron chi connectivity index (χ2n) is 13.2. The Kier molecular flexibility index (Phi) is 16.2. The first kappa shape index (κ1) is 44.8. The van der Waals surface area contributed by atoms with E-state index < -0.39 is 82.5 Å². The fraction of sp³-hybridized carbons (Fsp3) is 0.316. The van der Waals surface area contributed by atoms with Crippen LogP contribution in [0.1, 0.15) is 29.5 Å². The molecule has 1 aromatic heterocycles. The second-order valence-corrected chi connectivity index (χ2v) is 15.3. The van der Waals surface area contributed by atoms with Gasteiger partial charge in [-0.2, -0.15) is 20.2 Å². The number of rotatable bonds is 22. The number of carbonyl (C=O) groups is 6. The molecule has 58 heavy (non-hydrogen) atoms. The molecular weight excluding hydrogens is 795 g/mol. The third-order valence-electron chi connectivity index (χ3n) is 8.85. The molecule has 11 N–H and O–H groups in total. The van der Waals surface area contributed by atoms with E-state index in [2.05, 4.69) is 30.4 Å². The largest absolute Gasteiger partial charge is 0.481 e. The Hall–Kier alpha value is -5.96. The molecule has 310 valence electrons. The predicted molar refractivity (Wildman–Crippen MR) is 215 cm³/mol. The van der Waals surface area contributed by atoms with Crippen LogP contribution in [0.3, 0.4) is 0 Å². The molecule has 5 atom stereocenters. The van der Waals surface area contributed by atoms with Crippen molar-refractivity contribution in [2.45, 2.75) is 62.3 Å². The highest BCUT2D eigenvalue weighted by molar-refractivity contribution is 7.98. The summed E-state index contributed by atoms with van der Waals surface area (Å²) in [6, 6.07) is 14.6. The van der Waals surface area contributed by atoms with Crippen LogP contribution >= 0.6 is 11.8 Å². The van der Waals surface area contributed by atoms with Crippen LogP contribution in [0.5, 0.6) is 5.75 Å². The van der Waals surface area contributed by atoms with Crippen LogP contribution < -0.4 is 36.9 Å². The van der Waals surface area contributed by atoms with Crippen LogP contribution in [0.2, 0.25) is 0 Å². The molecule has 0 aliphatic carbocycles. The first-order valence-electron chi connectivity index (χ1n) is 17.8. The van der Waals surface area contributed by atoms with Gasteiger partial charge in [-0.15, -0.1) is 0 Å². The third kappa shape index (κ3) is 13.9. The molecule has 3 aromatic carbocycles. The number of H-pyrrole nitrogens is 1. The summed E-state index contributed by atoms with van der Waals surface area (Å²) in [6.07, 6.45) is 2.54. The zero-order valence-corrected chi connectivity index (χ0v) is 32.9. The molecule has 0 fully saturated rings. The summed E-state index contributed by atoms with van der Waals surface area (Å²) < 4.78 is 35.4. The minimum atomic E-state index is -4.75. The van der Waals surface area contributed by atoms with Crippen molar-refractivity contribution < 1.29 is 51.0 Å². The lowest BCUT2D eigenvalue weighted by molar-refractivity contribution is -0.141. The molecule has 4 aromatic rings. The van der Waals surface area contributed by atoms with Crippen LogP contribution in [0.15, 0.2) is 85.1 Å². The fourth-order valence-corrected chi connectivity index (χ4v) is 6.76. The van der Waals surface area contributed by atoms with Gasteiger partial charge in [0.25, 0.3) is 0 Å². The van der Waals surface area contributed by atoms with E-state index in [1.807, 2.05) is 18.2 Å². The quantitative estimate of drug-likeness (QED) is 0.0484. The highest BCUT2D eigenvalue weighted by Gasteiger charge is 2.33. The van der Waals surface area contributed by atoms with Crippen molar-refractivity contribution in [3.63, 3.8) is 0 Å². The first-order valence-corrected chi connectivity index (χ1v) is 20.6. The summed E-state index contributed by atoms with van der Waals surface area (Å²) in [5.74, 6) is -5.52. The maximum absolute atomic E-state index is 14.1. The van der Waals surface area contributed by atoms with Gasteiger partial charge >= 0.3 is 16.4 Å². The zero-order valence-electron chi connectivity index (χ0n) is 31.3. The molecule has 20 heteroatoms. The number of para-hydroxylation sites is 1. The number of hydrogen-bond acceptors (Lipinski definition) is 11. The van der Waals surface area contributed by atoms with E-state index in [0.717, 1.165) is 10.9 Å². The molecule has 4 rings (SSSR count). The number of carboxylic acid groups (broad SMARTS) is 1. The van der Waals surface area contributed by atoms with Gasteiger partial charge in [-0.25, -0.2) is 0 Å². The lowest BCUT2D eigenvalue weighted by Gasteiger charge is -2.26. The molecule has 0 unspecified atom stereocenters. The van der Waals surface area contributed by atoms with Crippen LogP contribution in [-0.4, -0.2) is 101 Å². The Morgan fingerprint density at radius 2 is 1.31 bits per heavy atom. The molecule has 0 saturated heterocycles. The van der Waals surface area contributed by atoms with Gasteiger partial charge < -0.3 is 47.0 Å². The molecule has 0 spiro atoms. The maximum atomic E-state index is 14.1. The number of benzene rings is 3. The number of primary amides is 1. The number of amides is 5. The Morgan fingerprint density at radius 1 is 0.741 bits per heavy atom. The number of nitrogens with one attached hydrogen (secondary N) is 5. The SMILES string of the molecule is CSCC[C@H](NC(=O)[C@H](Cc1c[nH]c2ccccc12)NC(=O)[C@@H](N)Cc1ccc(OS(=O)(=O)O)cc1)C(=O)N[C@@H](CC(=O)O)C(=O)N[C@@H](Cc1ccccc1)C(N)=O. The molecule has 0 aliphatic rings. The van der Waals surface area contributed by atoms with E-state index >= 15 is 0 Å². The van der Waals surface area contributed by atoms with Gasteiger partial charge in [-0.3, -0.25) is 33.3 Å². The lowest BCUT2D eigenvalue weighted by Crippen LogP contribution is -2.59. The summed E-state index contributed by atoms with van der Waals surface area (Å²) >= 11 is 1.36. The van der Waals surface area contributed by atoms with Gasteiger partial charge in [-0.1, -0.05) is 60.7 Å². The van der Waals surface area contributed by atoms with Crippen LogP contribution in [0.25, 0.3) is 10.9 Å². The van der Waals surface area contributed by atoms with Gasteiger partial charge in [0, 0.05) is 29.9 Å². The summed E-state index contributed by atoms with van der Waals surface area (Å²) in [5, 5.41) is 20.5. The lowest BCUT2D eigenvalue weighted by atomic mass is 10.0. The molecule has 1 heterocycles. The number of fused-ring (bicyclic) bond motifs is 1. The van der Waals surface area contributed by atoms with E-state index in [1.54, 1.807) is 48.9 Å². The van der Waals surface area contributed by atoms with E-state index in [1.165, 1.54) is 36.0 Å². The molecule has 0 aliphatic heterocycles. The van der Waals surface area contributed by atoms with E-state index in [0.29, 0.717) is 22.4 Å². The number of hydrogen-bond donors (Lipinski definition) is 9. The molecule has 5 amide bonds. The van der Waals surface area contributed by atoms with Gasteiger partial charge in [0.05, 0.1) is 12.5 Å². The monoisotopic (exact) mass is 839 g/mol. The molecule has 18 nitrogen and oxygen atoms in total. The molecule has 0 bridgehead atoms. The normalized spacial score (nSPS) is 13.9. The number of aromatic nitrogens is 1. The minimum Gasteiger partial charge on any atom is -0.481 e. The van der Waals surface area contributed by atoms with Crippen molar-refractivity contribution >= 4 is 68.6 Å². The van der Waals surface area contributed by atoms with Crippen molar-refractivity contribution in [3.8, 4) is 5.75 Å². The number of carbonyl (C=O) groups excluding carboxylic acids is 5. The molecule has 0 radical (unpaired) electrons. The molecular formula is C38H45N7O11S2. The minimum absolute atomic E-state index is 0.00748. The average molecular weight is 840 g/mol. The Morgan fingerprint density at radius 3 is 1.95 bits per heavy atom. The van der Waals surface area contributed by atoms with Crippen molar-refractivity contribution in [2.24, 2.45) is 11.5 Å². The summed E-state index contributed by atoms with van der Waals surface area (Å²) in [5.41, 5.74) is 14.4. The molecule has 0 saturated carbocycles. The third-order valence-corrected chi connectivity index (χ3v) is 9.89. The smallest absolute Gasteiger partial charge is 0.446 e. The van der Waals surface area contributed by atoms with Crippen LogP contribution in [0, 0.1) is 0 Å². The van der Waals surface area contributed by atoms with Gasteiger partial charge in [0.2, 0.25) is 29.5 Å². The van der Waals surface area contributed by atoms with Crippen molar-refractivity contribution in [2.75, 3.05) is 12.0 Å². The Bertz CT molecular complexity index is 2180. The standard InChI is InChI=1S/C38H45N7O11S2/c1-57-16-15-29(36(50)45-32(20-33(46)47)38(52)43-30(34(40)48)18-22-7-3-2-4-8-22)42-37(51)31(19-24-21-41-28-10-6-5-9-26(24)28)44-35(49)27(39)17-23-11-13-25(14-12-23)56-58(53,54)55/h2-14,21,27,29-32,41H,15-20,39H2,1H3,(H2,40,48)(H,42,51)(H,43,52)(H,44,49)(H,45,50)(H,46,47)(H,53,54,55)/t27-,29-,30-,31-,32-/m0/s1. The zero-order chi connectivity index (χ0) is 42.4. The van der Waals surface area contributed by atoms with Gasteiger partial charge in [0.15, 0.2) is 0 Å². The number of aliphatic carboxylic acids is 1. The van der Waals surface area contributed by atoms with Crippen LogP contribution in [-0.2, 0) is 58.4 Å². The van der Waals surface area contributed by atoms with Gasteiger partial charge in [0.1, 0.15) is 29.9 Å². The predicted octanol–water partition coefficient (Wildman–Crippen LogP) is 0.357. The van der Waals surface area contributed by atoms with Crippen molar-refractivity contribution in [1.82, 2.24) is 26.3 Å². The van der Waals surface area contributed by atoms with Gasteiger partial charge in [-0.05, 0) is 59.7 Å². The Labute approximate surface area is 338 Å². The summed E-state index contributed by atoms with van der Waals surface area (Å²) in [7, 11) is -4.75. The van der Waals surface area contributed by atoms with Crippen molar-refractivity contribution in [1.29, 1.82) is 0 Å². The van der Waals surface area contributed by atoms with E-state index in [-0.39, 0.29) is 31.4 Å². The highest BCUT2D eigenvalue weighted by Crippen LogP contribution is 2.20. The second kappa shape index (κ2) is 21.0. The Balaban J connectivity index is 1.53. The fourth-order valence-electron chi connectivity index (χ4n) is 5.94. The first-order chi connectivity index (χ1) is 27.5. The summed E-state index contributed by atoms with van der Waals surface area (Å²) in [6.45, 7) is 0. The highest BCUT2D eigenvalue weighted by atomic mass is 32.3. The average Bonchev–Trinajstić information content (AvgIpc) is 3.58. The number of nitrogens with two attached hydrogens (primary N) is 2. The number of thioether (sulfide) groups is 1. The topological polar surface area (TPSA) is 302 Å². The van der Waals surface area contributed by atoms with Crippen molar-refractivity contribution in [3.05, 3.63) is 102 Å². The van der Waals surface area contributed by atoms with Crippen LogP contribution in [0.4, 0.5) is 0 Å². The summed E-state index contributed by atoms with van der Waals surface area (Å²) in [4.78, 5) is 81.9. The van der Waals surface area contributed by atoms with E-state index in [4.69, 9.17) is 16.0 Å². The maximum Gasteiger partial charge on any atom is 0.446 e. The number of aromatic amines is 1.